The second kappa shape index (κ2) is 1.95. The van der Waals surface area contributed by atoms with Crippen LogP contribution in [0.1, 0.15) is 6.42 Å². The van der Waals surface area contributed by atoms with Gasteiger partial charge in [-0.1, -0.05) is 0 Å². The molecule has 2 fully saturated rings. The maximum atomic E-state index is 10.6. The zero-order chi connectivity index (χ0) is 7.14. The van der Waals surface area contributed by atoms with Crippen molar-refractivity contribution in [2.24, 2.45) is 11.8 Å². The van der Waals surface area contributed by atoms with Gasteiger partial charge in [0.15, 0.2) is 0 Å². The van der Waals surface area contributed by atoms with Crippen LogP contribution in [0.2, 0.25) is 0 Å². The predicted molar refractivity (Wildman–Crippen MR) is 35.7 cm³/mol. The standard InChI is InChI=1S/C7H11NO2/c9-7(10)6-4-8-2-1-5(6)3-8/h5-6H,1-4H2,(H,9,10)/t5-,6-/m0/s1. The summed E-state index contributed by atoms with van der Waals surface area (Å²) in [4.78, 5) is 12.8. The van der Waals surface area contributed by atoms with Gasteiger partial charge >= 0.3 is 5.97 Å². The van der Waals surface area contributed by atoms with Gasteiger partial charge in [0.1, 0.15) is 0 Å². The Balaban J connectivity index is 2.08. The van der Waals surface area contributed by atoms with Crippen LogP contribution in [0.5, 0.6) is 0 Å². The minimum Gasteiger partial charge on any atom is -0.481 e. The highest BCUT2D eigenvalue weighted by molar-refractivity contribution is 5.71. The Labute approximate surface area is 59.6 Å². The molecule has 0 spiro atoms. The van der Waals surface area contributed by atoms with Gasteiger partial charge in [-0.25, -0.2) is 0 Å². The number of rotatable bonds is 1. The summed E-state index contributed by atoms with van der Waals surface area (Å²) in [6.07, 6.45) is 1.09. The average molecular weight is 141 g/mol. The first-order valence-corrected chi connectivity index (χ1v) is 3.72. The summed E-state index contributed by atoms with van der Waals surface area (Å²) < 4.78 is 0. The van der Waals surface area contributed by atoms with Gasteiger partial charge in [0.05, 0.1) is 5.92 Å². The molecule has 1 unspecified atom stereocenters. The van der Waals surface area contributed by atoms with Crippen LogP contribution < -0.4 is 0 Å². The van der Waals surface area contributed by atoms with Crippen molar-refractivity contribution in [2.45, 2.75) is 6.42 Å². The van der Waals surface area contributed by atoms with Crippen molar-refractivity contribution >= 4 is 5.97 Å². The Morgan fingerprint density at radius 3 is 2.60 bits per heavy atom. The van der Waals surface area contributed by atoms with Crippen LogP contribution in [0.15, 0.2) is 0 Å². The van der Waals surface area contributed by atoms with E-state index in [-0.39, 0.29) is 5.92 Å². The highest BCUT2D eigenvalue weighted by Gasteiger charge is 2.41. The molecular weight excluding hydrogens is 130 g/mol. The largest absolute Gasteiger partial charge is 0.481 e. The van der Waals surface area contributed by atoms with Crippen LogP contribution in [-0.2, 0) is 4.79 Å². The molecule has 56 valence electrons. The smallest absolute Gasteiger partial charge is 0.308 e. The second-order valence-corrected chi connectivity index (χ2v) is 3.25. The molecule has 0 aromatic carbocycles. The van der Waals surface area contributed by atoms with Crippen LogP contribution in [0, 0.1) is 11.8 Å². The topological polar surface area (TPSA) is 40.5 Å². The average Bonchev–Trinajstić information content (AvgIpc) is 2.44. The first kappa shape index (κ1) is 6.16. The quantitative estimate of drug-likeness (QED) is 0.559. The summed E-state index contributed by atoms with van der Waals surface area (Å²) >= 11 is 0. The lowest BCUT2D eigenvalue weighted by atomic mass is 9.93. The third-order valence-electron chi connectivity index (χ3n) is 2.65. The van der Waals surface area contributed by atoms with E-state index in [1.54, 1.807) is 0 Å². The maximum absolute atomic E-state index is 10.6. The fraction of sp³-hybridized carbons (Fsp3) is 0.857. The highest BCUT2D eigenvalue weighted by Crippen LogP contribution is 2.32. The van der Waals surface area contributed by atoms with E-state index in [0.717, 1.165) is 26.1 Å². The Hall–Kier alpha value is -0.570. The van der Waals surface area contributed by atoms with Gasteiger partial charge in [0.25, 0.3) is 0 Å². The summed E-state index contributed by atoms with van der Waals surface area (Å²) in [5, 5.41) is 8.71. The Morgan fingerprint density at radius 2 is 2.30 bits per heavy atom. The van der Waals surface area contributed by atoms with Gasteiger partial charge in [-0.3, -0.25) is 4.79 Å². The fourth-order valence-electron chi connectivity index (χ4n) is 2.06. The number of carboxylic acids is 1. The molecule has 0 saturated carbocycles. The Kier molecular flexibility index (Phi) is 1.20. The van der Waals surface area contributed by atoms with Crippen molar-refractivity contribution in [1.29, 1.82) is 0 Å². The van der Waals surface area contributed by atoms with Crippen LogP contribution in [-0.4, -0.2) is 35.6 Å². The molecule has 2 heterocycles. The molecular formula is C7H11NO2. The lowest BCUT2D eigenvalue weighted by Gasteiger charge is -2.17. The van der Waals surface area contributed by atoms with E-state index in [9.17, 15) is 4.79 Å². The molecule has 10 heavy (non-hydrogen) atoms. The zero-order valence-corrected chi connectivity index (χ0v) is 5.79. The first-order chi connectivity index (χ1) is 4.77. The maximum Gasteiger partial charge on any atom is 0.308 e. The molecule has 3 nitrogen and oxygen atoms in total. The summed E-state index contributed by atoms with van der Waals surface area (Å²) in [6.45, 7) is 2.94. The van der Waals surface area contributed by atoms with Crippen molar-refractivity contribution in [3.8, 4) is 0 Å². The second-order valence-electron chi connectivity index (χ2n) is 3.25. The molecule has 0 radical (unpaired) electrons. The number of hydrogen-bond acceptors (Lipinski definition) is 2. The van der Waals surface area contributed by atoms with Crippen LogP contribution >= 0.6 is 0 Å². The summed E-state index contributed by atoms with van der Waals surface area (Å²) in [6, 6.07) is 0. The molecule has 2 saturated heterocycles. The van der Waals surface area contributed by atoms with Crippen LogP contribution in [0.4, 0.5) is 0 Å². The van der Waals surface area contributed by atoms with Gasteiger partial charge in [0.2, 0.25) is 0 Å². The number of carbonyl (C=O) groups is 1. The van der Waals surface area contributed by atoms with Crippen molar-refractivity contribution in [1.82, 2.24) is 4.90 Å². The number of aliphatic carboxylic acids is 1. The molecule has 2 bridgehead atoms. The molecule has 1 N–H and O–H groups in total. The van der Waals surface area contributed by atoms with E-state index in [1.807, 2.05) is 0 Å². The normalized spacial score (nSPS) is 44.2. The zero-order valence-electron chi connectivity index (χ0n) is 5.79. The number of fused-ring (bicyclic) bond motifs is 2. The van der Waals surface area contributed by atoms with Crippen molar-refractivity contribution in [2.75, 3.05) is 19.6 Å². The van der Waals surface area contributed by atoms with Crippen molar-refractivity contribution < 1.29 is 9.90 Å². The number of nitrogens with zero attached hydrogens (tertiary/aromatic N) is 1. The SMILES string of the molecule is O=C(O)[C@H]1CN2CC[C@H]1C2. The molecule has 2 aliphatic heterocycles. The first-order valence-electron chi connectivity index (χ1n) is 3.72. The monoisotopic (exact) mass is 141 g/mol. The fourth-order valence-corrected chi connectivity index (χ4v) is 2.06. The third-order valence-corrected chi connectivity index (χ3v) is 2.65. The predicted octanol–water partition coefficient (Wildman–Crippen LogP) is 0.0227. The lowest BCUT2D eigenvalue weighted by molar-refractivity contribution is -0.143. The summed E-state index contributed by atoms with van der Waals surface area (Å²) in [5.41, 5.74) is 0. The molecule has 3 heteroatoms. The Bertz CT molecular complexity index is 169. The molecule has 2 rings (SSSR count). The van der Waals surface area contributed by atoms with E-state index >= 15 is 0 Å². The van der Waals surface area contributed by atoms with Crippen molar-refractivity contribution in [3.05, 3.63) is 0 Å². The molecule has 0 aromatic rings. The summed E-state index contributed by atoms with van der Waals surface area (Å²) in [5.74, 6) is -0.210. The minimum absolute atomic E-state index is 0.0613. The van der Waals surface area contributed by atoms with Crippen LogP contribution in [0.25, 0.3) is 0 Å². The van der Waals surface area contributed by atoms with E-state index in [0.29, 0.717) is 5.92 Å². The molecule has 2 aliphatic rings. The highest BCUT2D eigenvalue weighted by atomic mass is 16.4. The number of carboxylic acid groups (broad SMARTS) is 1. The van der Waals surface area contributed by atoms with E-state index < -0.39 is 5.97 Å². The van der Waals surface area contributed by atoms with Gasteiger partial charge in [-0.05, 0) is 18.9 Å². The van der Waals surface area contributed by atoms with E-state index in [2.05, 4.69) is 4.90 Å². The van der Waals surface area contributed by atoms with E-state index in [4.69, 9.17) is 5.11 Å². The van der Waals surface area contributed by atoms with E-state index in [1.165, 1.54) is 0 Å². The number of hydrogen-bond donors (Lipinski definition) is 1. The third kappa shape index (κ3) is 0.736. The molecule has 0 aliphatic carbocycles. The summed E-state index contributed by atoms with van der Waals surface area (Å²) in [7, 11) is 0. The van der Waals surface area contributed by atoms with Gasteiger partial charge in [-0.2, -0.15) is 0 Å². The minimum atomic E-state index is -0.604. The van der Waals surface area contributed by atoms with Gasteiger partial charge in [0, 0.05) is 13.1 Å². The molecule has 0 aromatic heterocycles. The van der Waals surface area contributed by atoms with Crippen molar-refractivity contribution in [3.63, 3.8) is 0 Å². The van der Waals surface area contributed by atoms with Gasteiger partial charge in [-0.15, -0.1) is 0 Å². The van der Waals surface area contributed by atoms with Gasteiger partial charge < -0.3 is 10.0 Å². The number of piperidine rings is 1. The Morgan fingerprint density at radius 1 is 1.50 bits per heavy atom. The lowest BCUT2D eigenvalue weighted by Crippen LogP contribution is -2.28. The van der Waals surface area contributed by atoms with Crippen LogP contribution in [0.3, 0.4) is 0 Å². The molecule has 0 amide bonds. The molecule has 3 atom stereocenters.